The first-order valence-corrected chi connectivity index (χ1v) is 15.7. The van der Waals surface area contributed by atoms with Gasteiger partial charge in [-0.2, -0.15) is 18.3 Å². The van der Waals surface area contributed by atoms with Crippen molar-refractivity contribution in [1.82, 2.24) is 15.1 Å². The third-order valence-corrected chi connectivity index (χ3v) is 8.17. The molecule has 2 amide bonds. The number of halogens is 4. The van der Waals surface area contributed by atoms with Crippen LogP contribution in [-0.4, -0.2) is 43.4 Å². The van der Waals surface area contributed by atoms with Crippen molar-refractivity contribution < 1.29 is 40.3 Å². The molecule has 0 fully saturated rings. The molecule has 0 radical (unpaired) electrons. The van der Waals surface area contributed by atoms with E-state index in [-0.39, 0.29) is 39.6 Å². The van der Waals surface area contributed by atoms with Crippen LogP contribution in [0, 0.1) is 5.82 Å². The fourth-order valence-electron chi connectivity index (χ4n) is 4.75. The summed E-state index contributed by atoms with van der Waals surface area (Å²) in [5, 5.41) is 8.55. The van der Waals surface area contributed by atoms with Crippen LogP contribution in [0.3, 0.4) is 0 Å². The number of nitrogens with zero attached hydrogens (tertiary/aromatic N) is 2. The van der Waals surface area contributed by atoms with E-state index in [0.29, 0.717) is 10.7 Å². The minimum absolute atomic E-state index is 0.0390. The summed E-state index contributed by atoms with van der Waals surface area (Å²) in [6.45, 7) is 0.0977. The average molecular weight is 667 g/mol. The number of hydrogen-bond acceptors (Lipinski definition) is 6. The van der Waals surface area contributed by atoms with Crippen LogP contribution in [0.25, 0.3) is 16.8 Å². The predicted molar refractivity (Wildman–Crippen MR) is 166 cm³/mol. The highest BCUT2D eigenvalue weighted by Crippen LogP contribution is 2.33. The molecular formula is C33H26F4N4O5S. The fraction of sp³-hybridized carbons (Fsp3) is 0.121. The molecule has 14 heteroatoms. The van der Waals surface area contributed by atoms with E-state index in [1.807, 2.05) is 0 Å². The zero-order valence-electron chi connectivity index (χ0n) is 24.8. The van der Waals surface area contributed by atoms with Crippen LogP contribution in [0.4, 0.5) is 23.2 Å². The first-order chi connectivity index (χ1) is 22.3. The van der Waals surface area contributed by atoms with E-state index in [1.165, 1.54) is 49.6 Å². The van der Waals surface area contributed by atoms with Crippen molar-refractivity contribution in [2.75, 3.05) is 18.7 Å². The summed E-state index contributed by atoms with van der Waals surface area (Å²) in [6.07, 6.45) is -3.96. The summed E-state index contributed by atoms with van der Waals surface area (Å²) in [4.78, 5) is 26.7. The maximum atomic E-state index is 15.3. The summed E-state index contributed by atoms with van der Waals surface area (Å²) in [5.74, 6) is -2.61. The lowest BCUT2D eigenvalue weighted by atomic mass is 10.0. The van der Waals surface area contributed by atoms with Gasteiger partial charge in [-0.3, -0.25) is 9.59 Å². The Morgan fingerprint density at radius 3 is 2.26 bits per heavy atom. The van der Waals surface area contributed by atoms with Crippen molar-refractivity contribution in [3.8, 4) is 22.6 Å². The van der Waals surface area contributed by atoms with Crippen LogP contribution in [0.15, 0.2) is 102 Å². The van der Waals surface area contributed by atoms with Gasteiger partial charge in [0.2, 0.25) is 0 Å². The molecule has 5 aromatic rings. The minimum atomic E-state index is -4.97. The number of methoxy groups -OCH3 is 1. The molecule has 0 saturated carbocycles. The Labute approximate surface area is 266 Å². The zero-order valence-corrected chi connectivity index (χ0v) is 25.6. The quantitative estimate of drug-likeness (QED) is 0.179. The maximum absolute atomic E-state index is 15.3. The third-order valence-electron chi connectivity index (χ3n) is 7.02. The molecule has 9 nitrogen and oxygen atoms in total. The van der Waals surface area contributed by atoms with Gasteiger partial charge in [0.05, 0.1) is 28.9 Å². The lowest BCUT2D eigenvalue weighted by Crippen LogP contribution is -2.25. The number of hydrogen-bond donors (Lipinski definition) is 2. The molecule has 0 bridgehead atoms. The first-order valence-electron chi connectivity index (χ1n) is 13.8. The van der Waals surface area contributed by atoms with Crippen molar-refractivity contribution in [1.29, 1.82) is 0 Å². The Balaban J connectivity index is 1.51. The van der Waals surface area contributed by atoms with Gasteiger partial charge in [0.25, 0.3) is 11.8 Å². The van der Waals surface area contributed by atoms with E-state index in [2.05, 4.69) is 15.7 Å². The number of ether oxygens (including phenoxy) is 1. The Bertz CT molecular complexity index is 2080. The molecule has 0 aliphatic carbocycles. The topological polar surface area (TPSA) is 119 Å². The molecule has 0 atom stereocenters. The number of carbonyl (C=O) groups is 2. The van der Waals surface area contributed by atoms with Gasteiger partial charge in [-0.1, -0.05) is 54.6 Å². The summed E-state index contributed by atoms with van der Waals surface area (Å²) < 4.78 is 87.2. The van der Waals surface area contributed by atoms with Gasteiger partial charge >= 0.3 is 6.18 Å². The molecule has 47 heavy (non-hydrogen) atoms. The van der Waals surface area contributed by atoms with E-state index in [0.717, 1.165) is 24.0 Å². The molecule has 1 aromatic heterocycles. The van der Waals surface area contributed by atoms with Crippen molar-refractivity contribution in [2.24, 2.45) is 0 Å². The summed E-state index contributed by atoms with van der Waals surface area (Å²) in [6, 6.07) is 22.8. The molecule has 0 spiro atoms. The summed E-state index contributed by atoms with van der Waals surface area (Å²) in [7, 11) is -2.32. The van der Waals surface area contributed by atoms with Crippen LogP contribution in [0.5, 0.6) is 5.75 Å². The number of sulfone groups is 1. The number of alkyl halides is 3. The number of aromatic nitrogens is 2. The molecule has 242 valence electrons. The lowest BCUT2D eigenvalue weighted by molar-refractivity contribution is -0.141. The highest BCUT2D eigenvalue weighted by molar-refractivity contribution is 7.90. The second-order valence-corrected chi connectivity index (χ2v) is 12.3. The van der Waals surface area contributed by atoms with Gasteiger partial charge < -0.3 is 15.4 Å². The predicted octanol–water partition coefficient (Wildman–Crippen LogP) is 6.29. The van der Waals surface area contributed by atoms with Crippen LogP contribution < -0.4 is 15.4 Å². The van der Waals surface area contributed by atoms with E-state index in [1.54, 1.807) is 36.4 Å². The van der Waals surface area contributed by atoms with E-state index >= 15 is 4.39 Å². The van der Waals surface area contributed by atoms with Crippen molar-refractivity contribution >= 4 is 27.3 Å². The highest BCUT2D eigenvalue weighted by Gasteiger charge is 2.37. The monoisotopic (exact) mass is 666 g/mol. The molecule has 1 heterocycles. The number of benzene rings is 4. The van der Waals surface area contributed by atoms with Crippen LogP contribution in [-0.2, 0) is 22.6 Å². The second kappa shape index (κ2) is 13.1. The molecule has 4 aromatic carbocycles. The number of anilines is 1. The number of nitrogens with one attached hydrogen (secondary N) is 2. The van der Waals surface area contributed by atoms with E-state index in [4.69, 9.17) is 4.74 Å². The highest BCUT2D eigenvalue weighted by atomic mass is 32.2. The Morgan fingerprint density at radius 2 is 1.60 bits per heavy atom. The maximum Gasteiger partial charge on any atom is 0.435 e. The largest absolute Gasteiger partial charge is 0.497 e. The van der Waals surface area contributed by atoms with Crippen molar-refractivity contribution in [3.63, 3.8) is 0 Å². The van der Waals surface area contributed by atoms with E-state index in [9.17, 15) is 31.2 Å². The first kappa shape index (κ1) is 32.9. The summed E-state index contributed by atoms with van der Waals surface area (Å²) >= 11 is 0. The molecule has 0 saturated heterocycles. The zero-order chi connectivity index (χ0) is 33.9. The molecular weight excluding hydrogens is 640 g/mol. The standard InChI is InChI=1S/C33H26F4N4O5S/c1-46-22-13-15-27(24(17-22)31(42)38-19-20-8-4-3-5-9-20)41-28(18-30(40-41)33(35,36)37)32(43)39-26-14-12-21(16-25(26)34)23-10-6-7-11-29(23)47(2,44)45/h3-18H,19H2,1-2H3,(H,38,42)(H,39,43). The Morgan fingerprint density at radius 1 is 0.894 bits per heavy atom. The van der Waals surface area contributed by atoms with Gasteiger partial charge in [0, 0.05) is 24.4 Å². The van der Waals surface area contributed by atoms with Crippen LogP contribution >= 0.6 is 0 Å². The van der Waals surface area contributed by atoms with Gasteiger partial charge in [-0.15, -0.1) is 0 Å². The smallest absolute Gasteiger partial charge is 0.435 e. The molecule has 0 aliphatic rings. The number of rotatable bonds is 9. The van der Waals surface area contributed by atoms with Crippen molar-refractivity contribution in [2.45, 2.75) is 17.6 Å². The van der Waals surface area contributed by atoms with Gasteiger partial charge in [0.15, 0.2) is 15.5 Å². The average Bonchev–Trinajstić information content (AvgIpc) is 3.51. The fourth-order valence-corrected chi connectivity index (χ4v) is 5.66. The SMILES string of the molecule is COc1ccc(-n2nc(C(F)(F)F)cc2C(=O)Nc2ccc(-c3ccccc3S(C)(=O)=O)cc2F)c(C(=O)NCc2ccccc2)c1. The Kier molecular flexibility index (Phi) is 9.15. The lowest BCUT2D eigenvalue weighted by Gasteiger charge is -2.15. The van der Waals surface area contributed by atoms with Gasteiger partial charge in [-0.25, -0.2) is 17.5 Å². The third kappa shape index (κ3) is 7.33. The number of amides is 2. The van der Waals surface area contributed by atoms with Crippen molar-refractivity contribution in [3.05, 3.63) is 125 Å². The molecule has 0 aliphatic heterocycles. The van der Waals surface area contributed by atoms with Gasteiger partial charge in [0.1, 0.15) is 17.3 Å². The summed E-state index contributed by atoms with van der Waals surface area (Å²) in [5.41, 5.74) is -1.62. The normalized spacial score (nSPS) is 11.6. The van der Waals surface area contributed by atoms with Gasteiger partial charge in [-0.05, 0) is 47.5 Å². The van der Waals surface area contributed by atoms with E-state index < -0.39 is 50.7 Å². The molecule has 2 N–H and O–H groups in total. The van der Waals surface area contributed by atoms with Crippen LogP contribution in [0.1, 0.15) is 32.1 Å². The number of carbonyl (C=O) groups excluding carboxylic acids is 2. The van der Waals surface area contributed by atoms with Crippen LogP contribution in [0.2, 0.25) is 0 Å². The minimum Gasteiger partial charge on any atom is -0.497 e. The molecule has 0 unspecified atom stereocenters. The second-order valence-electron chi connectivity index (χ2n) is 10.3. The molecule has 5 rings (SSSR count). The Hall–Kier alpha value is -5.50.